The van der Waals surface area contributed by atoms with Crippen LogP contribution in [0.1, 0.15) is 50.7 Å². The van der Waals surface area contributed by atoms with Crippen LogP contribution in [0.4, 0.5) is 4.39 Å². The zero-order valence-corrected chi connectivity index (χ0v) is 41.5. The van der Waals surface area contributed by atoms with Crippen molar-refractivity contribution in [2.24, 2.45) is 0 Å². The second-order valence-electron chi connectivity index (χ2n) is 18.4. The van der Waals surface area contributed by atoms with Gasteiger partial charge in [-0.15, -0.1) is 48.0 Å². The van der Waals surface area contributed by atoms with Crippen LogP contribution in [0.25, 0.3) is 94.1 Å². The monoisotopic (exact) mass is 1060 g/mol. The van der Waals surface area contributed by atoms with Crippen molar-refractivity contribution in [1.82, 2.24) is 19.5 Å². The van der Waals surface area contributed by atoms with Gasteiger partial charge in [-0.1, -0.05) is 137 Å². The molecule has 0 atom stereocenters. The van der Waals surface area contributed by atoms with Crippen molar-refractivity contribution in [2.75, 3.05) is 0 Å². The summed E-state index contributed by atoms with van der Waals surface area (Å²) in [5, 5.41) is 8.12. The average molecular weight is 1060 g/mol. The largest absolute Gasteiger partial charge is 0.501 e. The van der Waals surface area contributed by atoms with E-state index in [0.29, 0.717) is 5.82 Å². The Hall–Kier alpha value is -6.57. The van der Waals surface area contributed by atoms with E-state index in [9.17, 15) is 4.39 Å². The summed E-state index contributed by atoms with van der Waals surface area (Å²) in [6.45, 7) is 15.8. The molecule has 8 heteroatoms. The molecular formula is C58H49FIrN4OSi-2. The van der Waals surface area contributed by atoms with Gasteiger partial charge in [-0.05, 0) is 98.1 Å². The minimum Gasteiger partial charge on any atom is -0.501 e. The molecule has 5 nitrogen and oxygen atoms in total. The van der Waals surface area contributed by atoms with Crippen LogP contribution >= 0.6 is 0 Å². The fraction of sp³-hybridized carbons (Fsp3) is 0.155. The molecule has 0 saturated heterocycles. The van der Waals surface area contributed by atoms with Gasteiger partial charge in [0, 0.05) is 48.5 Å². The molecule has 66 heavy (non-hydrogen) atoms. The summed E-state index contributed by atoms with van der Waals surface area (Å²) in [5.74, 6) is 1.72. The number of para-hydroxylation sites is 2. The smallest absolute Gasteiger partial charge is 0.121 e. The fourth-order valence-corrected chi connectivity index (χ4v) is 9.91. The molecular weight excluding hydrogens is 1010 g/mol. The number of hydrogen-bond donors (Lipinski definition) is 0. The van der Waals surface area contributed by atoms with Crippen LogP contribution in [0.5, 0.6) is 0 Å². The van der Waals surface area contributed by atoms with Crippen LogP contribution in [0.3, 0.4) is 0 Å². The summed E-state index contributed by atoms with van der Waals surface area (Å²) in [7, 11) is -1.45. The molecule has 1 radical (unpaired) electrons. The van der Waals surface area contributed by atoms with E-state index >= 15 is 0 Å². The third-order valence-corrected chi connectivity index (χ3v) is 14.1. The van der Waals surface area contributed by atoms with Crippen LogP contribution in [0, 0.1) is 17.9 Å². The third-order valence-electron chi connectivity index (χ3n) is 12.3. The zero-order valence-electron chi connectivity index (χ0n) is 38.1. The summed E-state index contributed by atoms with van der Waals surface area (Å²) in [5.41, 5.74) is 11.5. The van der Waals surface area contributed by atoms with E-state index < -0.39 is 8.07 Å². The van der Waals surface area contributed by atoms with E-state index in [2.05, 4.69) is 195 Å². The number of imidazole rings is 1. The van der Waals surface area contributed by atoms with Crippen LogP contribution in [-0.2, 0) is 20.1 Å². The Balaban J connectivity index is 0.000000257. The molecule has 0 N–H and O–H groups in total. The second kappa shape index (κ2) is 18.0. The molecule has 0 aliphatic rings. The Bertz CT molecular complexity index is 3520. The summed E-state index contributed by atoms with van der Waals surface area (Å²) in [6, 6.07) is 58.2. The van der Waals surface area contributed by atoms with Crippen molar-refractivity contribution in [3.8, 4) is 39.6 Å². The number of nitrogens with zero attached hydrogens (tertiary/aromatic N) is 4. The Kier molecular flexibility index (Phi) is 12.2. The second-order valence-corrected chi connectivity index (χ2v) is 23.4. The molecule has 329 valence electrons. The molecule has 3 aromatic heterocycles. The molecule has 0 spiro atoms. The number of aromatic nitrogens is 4. The molecule has 0 bridgehead atoms. The average Bonchev–Trinajstić information content (AvgIpc) is 3.89. The van der Waals surface area contributed by atoms with Gasteiger partial charge in [-0.25, -0.2) is 0 Å². The number of benzene rings is 8. The van der Waals surface area contributed by atoms with E-state index in [1.807, 2.05) is 12.1 Å². The molecule has 0 aliphatic carbocycles. The molecule has 11 rings (SSSR count). The van der Waals surface area contributed by atoms with Crippen LogP contribution in [-0.4, -0.2) is 27.6 Å². The topological polar surface area (TPSA) is 56.7 Å². The standard InChI is InChI=1S/C45H35N2O.C13H14FN2Si.Ir/c1-27(2)36-24-32(29-13-6-5-7-14-29)25-37(28(3)4)43(36)47-41-20-11-10-19-40(41)46-45(47)35-18-12-17-34-39-23-31-22-21-30-15-8-9-16-33(30)38(31)26-42(39)48-44(34)35;1-17(2,3)12-8-9-15-13(16-12)10-4-6-11(14)7-5-10;/h5-17,19-28H,1-4H3;4,6-9H,1-3H3;/q2*-1;. The SMILES string of the molecule is CC(C)c1cc(-c2ccccc2)cc(C(C)C)c1-n1c(-c2[c-]ccc3c2oc2cc4c(ccc5ccccc54)cc23)nc2ccccc21.C[Si](C)(C)c1ccnc(-c2[c-]cc(F)cc2)n1.[Ir]. The molecule has 3 heterocycles. The molecule has 0 unspecified atom stereocenters. The predicted molar refractivity (Wildman–Crippen MR) is 270 cm³/mol. The predicted octanol–water partition coefficient (Wildman–Crippen LogP) is 15.2. The van der Waals surface area contributed by atoms with Crippen LogP contribution in [0.15, 0.2) is 162 Å². The normalized spacial score (nSPS) is 11.8. The van der Waals surface area contributed by atoms with Crippen LogP contribution in [0.2, 0.25) is 19.6 Å². The maximum atomic E-state index is 12.8. The van der Waals surface area contributed by atoms with Crippen LogP contribution < -0.4 is 5.32 Å². The van der Waals surface area contributed by atoms with Crippen molar-refractivity contribution in [3.05, 3.63) is 187 Å². The van der Waals surface area contributed by atoms with Gasteiger partial charge in [0.15, 0.2) is 0 Å². The molecule has 0 fully saturated rings. The number of halogens is 1. The van der Waals surface area contributed by atoms with Gasteiger partial charge in [0.2, 0.25) is 0 Å². The van der Waals surface area contributed by atoms with Crippen molar-refractivity contribution in [3.63, 3.8) is 0 Å². The van der Waals surface area contributed by atoms with E-state index in [-0.39, 0.29) is 37.8 Å². The Morgan fingerprint density at radius 3 is 2.08 bits per heavy atom. The Morgan fingerprint density at radius 2 is 1.35 bits per heavy atom. The van der Waals surface area contributed by atoms with Crippen molar-refractivity contribution >= 4 is 67.9 Å². The molecule has 0 saturated carbocycles. The number of hydrogen-bond acceptors (Lipinski definition) is 4. The van der Waals surface area contributed by atoms with E-state index in [0.717, 1.165) is 55.2 Å². The third kappa shape index (κ3) is 8.30. The van der Waals surface area contributed by atoms with Crippen molar-refractivity contribution in [2.45, 2.75) is 59.2 Å². The Labute approximate surface area is 399 Å². The molecule has 11 aromatic rings. The fourth-order valence-electron chi connectivity index (χ4n) is 8.90. The Morgan fingerprint density at radius 1 is 0.636 bits per heavy atom. The first-order valence-corrected chi connectivity index (χ1v) is 25.8. The first-order valence-electron chi connectivity index (χ1n) is 22.3. The van der Waals surface area contributed by atoms with Gasteiger partial charge in [-0.3, -0.25) is 19.3 Å². The van der Waals surface area contributed by atoms with Crippen molar-refractivity contribution in [1.29, 1.82) is 0 Å². The number of rotatable bonds is 7. The van der Waals surface area contributed by atoms with Gasteiger partial charge in [0.25, 0.3) is 0 Å². The van der Waals surface area contributed by atoms with Gasteiger partial charge in [0.1, 0.15) is 13.7 Å². The van der Waals surface area contributed by atoms with Gasteiger partial charge >= 0.3 is 0 Å². The molecule has 0 aliphatic heterocycles. The maximum absolute atomic E-state index is 12.8. The van der Waals surface area contributed by atoms with E-state index in [1.165, 1.54) is 61.6 Å². The van der Waals surface area contributed by atoms with Crippen molar-refractivity contribution < 1.29 is 28.9 Å². The van der Waals surface area contributed by atoms with E-state index in [4.69, 9.17) is 9.40 Å². The molecule has 0 amide bonds. The quantitative estimate of drug-likeness (QED) is 0.0907. The summed E-state index contributed by atoms with van der Waals surface area (Å²) in [6.07, 6.45) is 1.76. The van der Waals surface area contributed by atoms with E-state index in [1.54, 1.807) is 12.3 Å². The van der Waals surface area contributed by atoms with Gasteiger partial charge in [0.05, 0.1) is 28.3 Å². The minimum absolute atomic E-state index is 0. The summed E-state index contributed by atoms with van der Waals surface area (Å²) < 4.78 is 22.0. The number of furan rings is 1. The summed E-state index contributed by atoms with van der Waals surface area (Å²) in [4.78, 5) is 14.1. The van der Waals surface area contributed by atoms with Gasteiger partial charge < -0.3 is 8.98 Å². The first kappa shape index (κ1) is 44.6. The zero-order chi connectivity index (χ0) is 45.0. The first-order chi connectivity index (χ1) is 31.4. The summed E-state index contributed by atoms with van der Waals surface area (Å²) >= 11 is 0. The maximum Gasteiger partial charge on any atom is 0.121 e. The minimum atomic E-state index is -1.45. The van der Waals surface area contributed by atoms with Gasteiger partial charge in [-0.2, -0.15) is 0 Å². The number of fused-ring (bicyclic) bond motifs is 7. The molecule has 8 aromatic carbocycles.